The first-order valence-corrected chi connectivity index (χ1v) is 46.3. The number of hydrogen-bond donors (Lipinski definition) is 3. The van der Waals surface area contributed by atoms with Gasteiger partial charge in [-0.15, -0.1) is 0 Å². The summed E-state index contributed by atoms with van der Waals surface area (Å²) >= 11 is 3.32. The quantitative estimate of drug-likeness (QED) is 0.0763. The van der Waals surface area contributed by atoms with Crippen molar-refractivity contribution in [2.45, 2.75) is 193 Å². The lowest BCUT2D eigenvalue weighted by atomic mass is 9.74. The number of nitrogens with zero attached hydrogens (tertiary/aromatic N) is 6. The van der Waals surface area contributed by atoms with Gasteiger partial charge in [0.05, 0.1) is 90.2 Å². The van der Waals surface area contributed by atoms with E-state index in [1.165, 1.54) is 65.7 Å². The molecule has 0 atom stereocenters. The summed E-state index contributed by atoms with van der Waals surface area (Å²) in [5.74, 6) is -1.91. The molecule has 5 aliphatic carbocycles. The third-order valence-corrected chi connectivity index (χ3v) is 27.3. The molecule has 13 aromatic rings. The van der Waals surface area contributed by atoms with Crippen molar-refractivity contribution >= 4 is 120 Å². The van der Waals surface area contributed by atoms with Crippen LogP contribution in [0, 0.1) is 34.9 Å². The lowest BCUT2D eigenvalue weighted by Gasteiger charge is -2.40. The Kier molecular flexibility index (Phi) is 28.4. The highest BCUT2D eigenvalue weighted by molar-refractivity contribution is 9.10. The predicted molar refractivity (Wildman–Crippen MR) is 481 cm³/mol. The molecule has 0 unspecified atom stereocenters. The van der Waals surface area contributed by atoms with Gasteiger partial charge < -0.3 is 39.2 Å². The van der Waals surface area contributed by atoms with Crippen LogP contribution in [0.15, 0.2) is 222 Å². The van der Waals surface area contributed by atoms with Crippen LogP contribution in [0.4, 0.5) is 51.5 Å². The van der Waals surface area contributed by atoms with Crippen LogP contribution in [-0.2, 0) is 38.1 Å². The number of halogens is 12. The number of aliphatic hydroxyl groups is 2. The number of rotatable bonds is 12. The van der Waals surface area contributed by atoms with Crippen LogP contribution in [0.25, 0.3) is 71.0 Å². The average Bonchev–Trinajstić information content (AvgIpc) is 0.748. The van der Waals surface area contributed by atoms with E-state index in [0.29, 0.717) is 100 Å². The molecule has 0 radical (unpaired) electrons. The van der Waals surface area contributed by atoms with Crippen LogP contribution in [0.5, 0.6) is 0 Å². The Labute approximate surface area is 751 Å². The number of esters is 1. The van der Waals surface area contributed by atoms with Crippen LogP contribution >= 0.6 is 26.2 Å². The standard InChI is InChI=1S/C23H22F6N2O2S.C19H22FNO3.C17H18FNO2.C17H16FNO2.C15H14FNO.C9H5BrFN/c24-16-1-6-21-20(13-16)19(9-12-30-21)15-7-10-23(33,11-8-15)14-22(32)31-17-2-4-18(5-3-17)34(25,26,27,28)29;1-2-24-18(22)12-19(23)8-5-13(6-9-19)15-7-10-21-17-4-3-14(20)11-16(15)17;2*18-13-1-2-16-15(11-13)14(5-8-19-16)12-3-6-17(7-4-12)20-9-10-21-17;16-11-3-6-15-14(9-11)13(7-8-17-15)10-1-4-12(18)5-2-10;10-8-3-4-12-9-2-1-6(11)5-7(8)9/h1-6,9,12-13,15,33H,7-8,10-11,14H2,(H,31,32);3-4,7,10-11,13,23H,2,5-6,8-9,12H2,1H3;1-2,5,8,11-12H,3-4,6-7,9-10H2;1-3,5,8,11H,4,6-7,9-10H2;3,6-10H,1-2,4-5H2;1-5H. The van der Waals surface area contributed by atoms with Gasteiger partial charge >= 0.3 is 16.2 Å². The zero-order chi connectivity index (χ0) is 91.7. The van der Waals surface area contributed by atoms with Crippen molar-refractivity contribution in [2.24, 2.45) is 0 Å². The van der Waals surface area contributed by atoms with Gasteiger partial charge in [-0.2, -0.15) is 0 Å². The first kappa shape index (κ1) is 93.8. The SMILES string of the molecule is CCOC(=O)CC1(O)CCC(c2ccnc3ccc(F)cc23)CC1.Fc1ccc2nccc(Br)c2c1.Fc1ccc2nccc(C3=CCC4(CC3)OCCO4)c2c1.Fc1ccc2nccc(C3CCC4(CC3)OCCO4)c2c1.O=C(CC1(O)CCC(c2ccnc3ccc(F)cc23)CC1)Nc1ccc(S(F)(F)(F)(F)F)cc1.O=C1CCC(c2ccnc3ccc(F)cc23)CC1. The zero-order valence-electron chi connectivity index (χ0n) is 71.2. The number of allylic oxidation sites excluding steroid dienone is 1. The van der Waals surface area contributed by atoms with Gasteiger partial charge in [-0.1, -0.05) is 41.4 Å². The Morgan fingerprint density at radius 2 is 0.769 bits per heavy atom. The molecule has 6 aromatic heterocycles. The minimum absolute atomic E-state index is 0.0372. The van der Waals surface area contributed by atoms with Crippen molar-refractivity contribution in [3.63, 3.8) is 0 Å². The number of carbonyl (C=O) groups is 3. The maximum Gasteiger partial charge on any atom is 0.310 e. The fraction of sp³-hybridized carbons (Fsp3) is 0.350. The topological polar surface area (TPSA) is 227 Å². The third-order valence-electron chi connectivity index (χ3n) is 25.4. The minimum atomic E-state index is -9.79. The van der Waals surface area contributed by atoms with E-state index >= 15 is 0 Å². The summed E-state index contributed by atoms with van der Waals surface area (Å²) in [5.41, 5.74) is 8.95. The highest BCUT2D eigenvalue weighted by atomic mass is 79.9. The molecule has 3 N–H and O–H groups in total. The fourth-order valence-corrected chi connectivity index (χ4v) is 19.8. The zero-order valence-corrected chi connectivity index (χ0v) is 73.6. The maximum absolute atomic E-state index is 13.7. The molecule has 7 aliphatic rings. The number of Topliss-reactive ketones (excluding diaryl/α,β-unsaturated/α-hetero) is 1. The normalized spacial score (nSPS) is 20.8. The Morgan fingerprint density at radius 3 is 1.16 bits per heavy atom. The predicted octanol–water partition coefficient (Wildman–Crippen LogP) is 25.4. The van der Waals surface area contributed by atoms with Crippen molar-refractivity contribution < 1.29 is 94.1 Å². The largest absolute Gasteiger partial charge is 0.466 e. The van der Waals surface area contributed by atoms with Crippen LogP contribution in [0.1, 0.15) is 193 Å². The molecule has 30 heteroatoms. The average molecular weight is 1880 g/mol. The Morgan fingerprint density at radius 1 is 0.423 bits per heavy atom. The number of hydrogen-bond acceptors (Lipinski definition) is 16. The number of anilines is 1. The first-order valence-electron chi connectivity index (χ1n) is 43.6. The molecule has 130 heavy (non-hydrogen) atoms. The smallest absolute Gasteiger partial charge is 0.310 e. The molecular formula is C100H97BrF11N7O10S. The number of benzene rings is 7. The van der Waals surface area contributed by atoms with Crippen LogP contribution in [0.2, 0.25) is 0 Å². The van der Waals surface area contributed by atoms with Crippen LogP contribution in [0.3, 0.4) is 0 Å². The van der Waals surface area contributed by atoms with Gasteiger partial charge in [-0.25, -0.2) is 26.3 Å². The summed E-state index contributed by atoms with van der Waals surface area (Å²) in [5, 5.41) is 28.9. The van der Waals surface area contributed by atoms with Crippen molar-refractivity contribution in [3.05, 3.63) is 280 Å². The van der Waals surface area contributed by atoms with E-state index in [0.717, 1.165) is 164 Å². The maximum atomic E-state index is 13.7. The van der Waals surface area contributed by atoms with Gasteiger partial charge in [-0.3, -0.25) is 44.3 Å². The molecular weight excluding hydrogens is 1780 g/mol. The monoisotopic (exact) mass is 1880 g/mol. The van der Waals surface area contributed by atoms with Crippen molar-refractivity contribution in [1.29, 1.82) is 0 Å². The van der Waals surface area contributed by atoms with Gasteiger partial charge in [0.15, 0.2) is 11.6 Å². The summed E-state index contributed by atoms with van der Waals surface area (Å²) in [7, 11) is -9.79. The minimum Gasteiger partial charge on any atom is -0.466 e. The van der Waals surface area contributed by atoms with Crippen LogP contribution < -0.4 is 5.32 Å². The summed E-state index contributed by atoms with van der Waals surface area (Å²) in [6.45, 7) is 4.83. The number of fused-ring (bicyclic) bond motifs is 6. The molecule has 0 bridgehead atoms. The number of ketones is 1. The summed E-state index contributed by atoms with van der Waals surface area (Å²) in [4.78, 5) is 58.8. The molecule has 4 saturated carbocycles. The second-order valence-electron chi connectivity index (χ2n) is 34.2. The van der Waals surface area contributed by atoms with E-state index in [9.17, 15) is 70.4 Å². The lowest BCUT2D eigenvalue weighted by molar-refractivity contribution is -0.178. The molecule has 6 fully saturated rings. The number of aromatic nitrogens is 6. The molecule has 20 rings (SSSR count). The third kappa shape index (κ3) is 23.4. The Hall–Kier alpha value is -10.8. The van der Waals surface area contributed by atoms with Gasteiger partial charge in [0.25, 0.3) is 0 Å². The van der Waals surface area contributed by atoms with E-state index in [2.05, 4.69) is 57.2 Å². The van der Waals surface area contributed by atoms with E-state index in [1.807, 2.05) is 36.5 Å². The van der Waals surface area contributed by atoms with Gasteiger partial charge in [0.2, 0.25) is 5.91 Å². The summed E-state index contributed by atoms with van der Waals surface area (Å²) in [6, 6.07) is 41.2. The second kappa shape index (κ2) is 39.3. The second-order valence-corrected chi connectivity index (χ2v) is 37.4. The molecule has 2 spiro atoms. The molecule has 17 nitrogen and oxygen atoms in total. The van der Waals surface area contributed by atoms with E-state index in [1.54, 1.807) is 98.6 Å². The number of amides is 1. The molecule has 1 amide bonds. The van der Waals surface area contributed by atoms with E-state index < -0.39 is 38.0 Å². The van der Waals surface area contributed by atoms with Crippen molar-refractivity contribution in [1.82, 2.24) is 29.9 Å². The Bertz CT molecular complexity index is 6320. The highest BCUT2D eigenvalue weighted by Gasteiger charge is 2.65. The summed E-state index contributed by atoms with van der Waals surface area (Å²) < 4.78 is 174. The van der Waals surface area contributed by atoms with Crippen molar-refractivity contribution in [2.75, 3.05) is 38.4 Å². The lowest BCUT2D eigenvalue weighted by Crippen LogP contribution is -2.37. The molecule has 7 aromatic carbocycles. The van der Waals surface area contributed by atoms with Gasteiger partial charge in [0, 0.05) is 118 Å². The number of pyridine rings is 6. The number of nitrogens with one attached hydrogen (secondary N) is 1. The molecule has 682 valence electrons. The first-order chi connectivity index (χ1) is 62.1. The summed E-state index contributed by atoms with van der Waals surface area (Å²) in [6.07, 6.45) is 25.9. The van der Waals surface area contributed by atoms with Crippen molar-refractivity contribution in [3.8, 4) is 0 Å². The highest BCUT2D eigenvalue weighted by Crippen LogP contribution is 3.02. The fourth-order valence-electron chi connectivity index (χ4n) is 18.7. The number of carbonyl (C=O) groups excluding carboxylic acids is 3. The number of ether oxygens (including phenoxy) is 5. The van der Waals surface area contributed by atoms with Gasteiger partial charge in [-0.05, 0) is 317 Å². The molecule has 2 aliphatic heterocycles. The molecule has 2 saturated heterocycles. The molecule has 8 heterocycles. The van der Waals surface area contributed by atoms with Crippen LogP contribution in [-0.4, -0.2) is 114 Å². The van der Waals surface area contributed by atoms with E-state index in [-0.39, 0.29) is 102 Å². The Balaban J connectivity index is 0.000000122. The van der Waals surface area contributed by atoms with Gasteiger partial charge in [0.1, 0.15) is 45.6 Å². The van der Waals surface area contributed by atoms with E-state index in [4.69, 9.17) is 23.7 Å².